The van der Waals surface area contributed by atoms with Gasteiger partial charge in [-0.1, -0.05) is 0 Å². The summed E-state index contributed by atoms with van der Waals surface area (Å²) in [6.45, 7) is 9.49. The maximum Gasteiger partial charge on any atom is 0.113 e. The van der Waals surface area contributed by atoms with Gasteiger partial charge in [-0.3, -0.25) is 14.1 Å². The predicted molar refractivity (Wildman–Crippen MR) is 80.4 cm³/mol. The van der Waals surface area contributed by atoms with Crippen LogP contribution in [-0.4, -0.2) is 88.4 Å². The lowest BCUT2D eigenvalue weighted by atomic mass is 10.3. The lowest BCUT2D eigenvalue weighted by Crippen LogP contribution is -2.45. The Hall–Kier alpha value is 0.0500. The maximum absolute atomic E-state index is 6.05. The molecule has 1 unspecified atom stereocenters. The van der Waals surface area contributed by atoms with Crippen LogP contribution in [0.15, 0.2) is 0 Å². The van der Waals surface area contributed by atoms with Gasteiger partial charge in [0.1, 0.15) is 6.23 Å². The van der Waals surface area contributed by atoms with Crippen LogP contribution in [0.3, 0.4) is 0 Å². The molecule has 0 aromatic heterocycles. The number of morpholine rings is 2. The van der Waals surface area contributed by atoms with Crippen LogP contribution in [0, 0.1) is 0 Å². The van der Waals surface area contributed by atoms with Gasteiger partial charge in [0.05, 0.1) is 44.9 Å². The van der Waals surface area contributed by atoms with E-state index >= 15 is 0 Å². The second-order valence-corrected chi connectivity index (χ2v) is 5.60. The van der Waals surface area contributed by atoms with Gasteiger partial charge in [-0.25, -0.2) is 0 Å². The van der Waals surface area contributed by atoms with Crippen molar-refractivity contribution >= 4 is 11.9 Å². The molecule has 0 bridgehead atoms. The first-order valence-electron chi connectivity index (χ1n) is 7.87. The Balaban J connectivity index is 1.63. The molecule has 21 heavy (non-hydrogen) atoms. The summed E-state index contributed by atoms with van der Waals surface area (Å²) in [6.07, 6.45) is 1.92. The molecule has 0 radical (unpaired) electrons. The monoisotopic (exact) mass is 322 g/mol. The molecule has 6 nitrogen and oxygen atoms in total. The molecular formula is C14H27ClN2O4. The standard InChI is InChI=1S/C14H27ClN2O4/c15-21-9-2-14(17-6-12-19-13-7-17)20-8-1-3-16-4-10-18-11-5-16/h14H,1-13H2. The molecule has 0 saturated carbocycles. The van der Waals surface area contributed by atoms with Crippen LogP contribution >= 0.6 is 11.9 Å². The molecule has 0 aliphatic carbocycles. The van der Waals surface area contributed by atoms with Gasteiger partial charge in [-0.15, -0.1) is 0 Å². The van der Waals surface area contributed by atoms with Crippen molar-refractivity contribution in [3.63, 3.8) is 0 Å². The summed E-state index contributed by atoms with van der Waals surface area (Å²) in [5.41, 5.74) is 0. The number of hydrogen-bond acceptors (Lipinski definition) is 6. The summed E-state index contributed by atoms with van der Waals surface area (Å²) in [7, 11) is 0. The topological polar surface area (TPSA) is 43.4 Å². The molecule has 1 atom stereocenters. The molecule has 7 heteroatoms. The normalized spacial score (nSPS) is 23.3. The molecule has 0 aromatic carbocycles. The van der Waals surface area contributed by atoms with Gasteiger partial charge in [-0.2, -0.15) is 0 Å². The van der Waals surface area contributed by atoms with Gasteiger partial charge >= 0.3 is 0 Å². The minimum absolute atomic E-state index is 0.0809. The zero-order valence-electron chi connectivity index (χ0n) is 12.7. The van der Waals surface area contributed by atoms with Crippen molar-refractivity contribution in [1.29, 1.82) is 0 Å². The van der Waals surface area contributed by atoms with Crippen LogP contribution in [0.4, 0.5) is 0 Å². The van der Waals surface area contributed by atoms with Crippen molar-refractivity contribution in [2.24, 2.45) is 0 Å². The van der Waals surface area contributed by atoms with Gasteiger partial charge in [0, 0.05) is 45.8 Å². The second-order valence-electron chi connectivity index (χ2n) is 5.38. The third kappa shape index (κ3) is 6.78. The zero-order valence-corrected chi connectivity index (χ0v) is 13.4. The highest BCUT2D eigenvalue weighted by atomic mass is 35.5. The Morgan fingerprint density at radius 2 is 1.62 bits per heavy atom. The number of halogens is 1. The van der Waals surface area contributed by atoms with Crippen LogP contribution in [0.5, 0.6) is 0 Å². The molecular weight excluding hydrogens is 296 g/mol. The highest BCUT2D eigenvalue weighted by Crippen LogP contribution is 2.11. The third-order valence-corrected chi connectivity index (χ3v) is 4.08. The molecule has 0 N–H and O–H groups in total. The van der Waals surface area contributed by atoms with Crippen molar-refractivity contribution in [2.75, 3.05) is 72.4 Å². The van der Waals surface area contributed by atoms with Crippen LogP contribution in [0.25, 0.3) is 0 Å². The van der Waals surface area contributed by atoms with E-state index in [0.29, 0.717) is 6.61 Å². The van der Waals surface area contributed by atoms with Crippen molar-refractivity contribution in [1.82, 2.24) is 9.80 Å². The lowest BCUT2D eigenvalue weighted by molar-refractivity contribution is -0.104. The molecule has 2 saturated heterocycles. The summed E-state index contributed by atoms with van der Waals surface area (Å²) < 4.78 is 21.5. The fraction of sp³-hybridized carbons (Fsp3) is 1.00. The number of rotatable bonds is 9. The number of hydrogen-bond donors (Lipinski definition) is 0. The molecule has 2 rings (SSSR count). The summed E-state index contributed by atoms with van der Waals surface area (Å²) in [4.78, 5) is 4.74. The van der Waals surface area contributed by atoms with E-state index in [0.717, 1.165) is 78.6 Å². The first-order valence-corrected chi connectivity index (χ1v) is 8.18. The van der Waals surface area contributed by atoms with Crippen molar-refractivity contribution in [3.05, 3.63) is 0 Å². The summed E-state index contributed by atoms with van der Waals surface area (Å²) in [5.74, 6) is 0. The number of ether oxygens (including phenoxy) is 3. The molecule has 2 heterocycles. The quantitative estimate of drug-likeness (QED) is 0.589. The largest absolute Gasteiger partial charge is 0.379 e. The highest BCUT2D eigenvalue weighted by molar-refractivity contribution is 6.07. The van der Waals surface area contributed by atoms with Gasteiger partial charge < -0.3 is 14.2 Å². The molecule has 2 fully saturated rings. The number of nitrogens with zero attached hydrogens (tertiary/aromatic N) is 2. The Kier molecular flexibility index (Phi) is 8.89. The second kappa shape index (κ2) is 10.7. The Labute approximate surface area is 132 Å². The average Bonchev–Trinajstić information content (AvgIpc) is 2.56. The van der Waals surface area contributed by atoms with Gasteiger partial charge in [-0.05, 0) is 6.42 Å². The van der Waals surface area contributed by atoms with Crippen LogP contribution in [-0.2, 0) is 18.5 Å². The van der Waals surface area contributed by atoms with E-state index in [1.54, 1.807) is 0 Å². The van der Waals surface area contributed by atoms with E-state index in [1.807, 2.05) is 0 Å². The van der Waals surface area contributed by atoms with Crippen LogP contribution < -0.4 is 0 Å². The van der Waals surface area contributed by atoms with Crippen molar-refractivity contribution < 1.29 is 18.5 Å². The van der Waals surface area contributed by atoms with E-state index < -0.39 is 0 Å². The molecule has 124 valence electrons. The highest BCUT2D eigenvalue weighted by Gasteiger charge is 2.21. The average molecular weight is 323 g/mol. The van der Waals surface area contributed by atoms with Gasteiger partial charge in [0.2, 0.25) is 0 Å². The molecule has 0 spiro atoms. The summed E-state index contributed by atoms with van der Waals surface area (Å²) >= 11 is 5.33. The smallest absolute Gasteiger partial charge is 0.113 e. The molecule has 2 aliphatic heterocycles. The maximum atomic E-state index is 6.05. The minimum Gasteiger partial charge on any atom is -0.379 e. The predicted octanol–water partition coefficient (Wildman–Crippen LogP) is 0.944. The van der Waals surface area contributed by atoms with Crippen LogP contribution in [0.2, 0.25) is 0 Å². The summed E-state index contributed by atoms with van der Waals surface area (Å²) in [5, 5.41) is 0. The fourth-order valence-electron chi connectivity index (χ4n) is 2.71. The molecule has 0 aromatic rings. The molecule has 0 amide bonds. The Morgan fingerprint density at radius 1 is 0.952 bits per heavy atom. The van der Waals surface area contributed by atoms with E-state index in [-0.39, 0.29) is 6.23 Å². The fourth-order valence-corrected chi connectivity index (χ4v) is 2.80. The van der Waals surface area contributed by atoms with E-state index in [2.05, 4.69) is 14.1 Å². The van der Waals surface area contributed by atoms with E-state index in [1.165, 1.54) is 0 Å². The third-order valence-electron chi connectivity index (χ3n) is 3.93. The van der Waals surface area contributed by atoms with Crippen molar-refractivity contribution in [3.8, 4) is 0 Å². The Bertz CT molecular complexity index is 261. The zero-order chi connectivity index (χ0) is 14.8. The van der Waals surface area contributed by atoms with Gasteiger partial charge in [0.15, 0.2) is 0 Å². The minimum atomic E-state index is 0.0809. The first kappa shape index (κ1) is 17.4. The first-order chi connectivity index (χ1) is 10.4. The Morgan fingerprint density at radius 3 is 2.29 bits per heavy atom. The van der Waals surface area contributed by atoms with Crippen LogP contribution in [0.1, 0.15) is 12.8 Å². The SMILES string of the molecule is ClOCCC(OCCCN1CCOCC1)N1CCOCC1. The lowest BCUT2D eigenvalue weighted by Gasteiger charge is -2.34. The van der Waals surface area contributed by atoms with Crippen molar-refractivity contribution in [2.45, 2.75) is 19.1 Å². The summed E-state index contributed by atoms with van der Waals surface area (Å²) in [6, 6.07) is 0. The van der Waals surface area contributed by atoms with E-state index in [4.69, 9.17) is 26.1 Å². The van der Waals surface area contributed by atoms with E-state index in [9.17, 15) is 0 Å². The van der Waals surface area contributed by atoms with Gasteiger partial charge in [0.25, 0.3) is 0 Å². The molecule has 2 aliphatic rings.